The average Bonchev–Trinajstić information content (AvgIpc) is 1.59. The van der Waals surface area contributed by atoms with E-state index in [9.17, 15) is 66.6 Å². The van der Waals surface area contributed by atoms with Gasteiger partial charge in [0.15, 0.2) is 5.71 Å². The fraction of sp³-hybridized carbons (Fsp3) is 0.527. The molecule has 0 radical (unpaired) electrons. The van der Waals surface area contributed by atoms with Crippen molar-refractivity contribution >= 4 is 74.6 Å². The number of hydrogen-bond acceptors (Lipinski definition) is 12. The molecule has 96 heavy (non-hydrogen) atoms. The first kappa shape index (κ1) is 76.8. The number of carbonyl (C=O) groups is 8. The fourth-order valence-electron chi connectivity index (χ4n) is 12.9. The number of rotatable bonds is 43. The van der Waals surface area contributed by atoms with Crippen molar-refractivity contribution in [1.29, 1.82) is 0 Å². The van der Waals surface area contributed by atoms with Crippen LogP contribution in [0.5, 0.6) is 5.75 Å². The monoisotopic (exact) mass is 1350 g/mol. The predicted molar refractivity (Wildman–Crippen MR) is 367 cm³/mol. The van der Waals surface area contributed by atoms with Crippen LogP contribution in [0.25, 0.3) is 0 Å². The van der Waals surface area contributed by atoms with Crippen LogP contribution >= 0.6 is 0 Å². The number of unbranched alkanes of at least 4 members (excludes halogenated alkanes) is 9. The smallest absolute Gasteiger partial charge is 0.326 e. The minimum absolute atomic E-state index is 0.000471. The van der Waals surface area contributed by atoms with E-state index in [4.69, 9.17) is 9.84 Å². The number of amides is 3. The van der Waals surface area contributed by atoms with Crippen LogP contribution < -0.4 is 25.6 Å². The van der Waals surface area contributed by atoms with Crippen LogP contribution in [0.3, 0.4) is 0 Å². The summed E-state index contributed by atoms with van der Waals surface area (Å²) in [6, 6.07) is 19.4. The van der Waals surface area contributed by atoms with Gasteiger partial charge in [-0.3, -0.25) is 28.5 Å². The summed E-state index contributed by atoms with van der Waals surface area (Å²) in [6.07, 6.45) is 21.4. The number of Topliss-reactive ketones (excluding diaryl/α,β-unsaturated/α-hetero) is 2. The minimum atomic E-state index is -4.48. The van der Waals surface area contributed by atoms with Crippen molar-refractivity contribution in [3.8, 4) is 5.75 Å². The van der Waals surface area contributed by atoms with Crippen LogP contribution in [-0.4, -0.2) is 123 Å². The van der Waals surface area contributed by atoms with Gasteiger partial charge in [0.1, 0.15) is 41.7 Å². The maximum absolute atomic E-state index is 13.1. The number of hydrogen-bond donors (Lipinski definition) is 8. The zero-order chi connectivity index (χ0) is 70.0. The van der Waals surface area contributed by atoms with Crippen molar-refractivity contribution in [3.63, 3.8) is 0 Å². The van der Waals surface area contributed by atoms with E-state index in [0.29, 0.717) is 90.0 Å². The Balaban J connectivity index is 0.933. The zero-order valence-corrected chi connectivity index (χ0v) is 57.3. The normalized spacial score (nSPS) is 16.7. The molecule has 6 rings (SSSR count). The molecule has 0 bridgehead atoms. The summed E-state index contributed by atoms with van der Waals surface area (Å²) >= 11 is 0. The number of aliphatic carboxylic acids is 4. The molecule has 2 aliphatic heterocycles. The van der Waals surface area contributed by atoms with E-state index in [0.717, 1.165) is 91.1 Å². The van der Waals surface area contributed by atoms with Crippen LogP contribution in [0.15, 0.2) is 125 Å². The average molecular weight is 1350 g/mol. The molecule has 0 spiro atoms. The number of nitrogens with one attached hydrogen (secondary N) is 3. The molecule has 0 saturated heterocycles. The number of ketones is 2. The fourth-order valence-corrected chi connectivity index (χ4v) is 13.4. The van der Waals surface area contributed by atoms with Crippen LogP contribution in [0, 0.1) is 5.92 Å². The summed E-state index contributed by atoms with van der Waals surface area (Å²) in [6.45, 7) is 12.7. The van der Waals surface area contributed by atoms with E-state index in [2.05, 4.69) is 109 Å². The molecule has 2 heterocycles. The van der Waals surface area contributed by atoms with Gasteiger partial charge in [0.2, 0.25) is 11.6 Å². The maximum Gasteiger partial charge on any atom is 0.326 e. The van der Waals surface area contributed by atoms with E-state index in [1.807, 2.05) is 30.3 Å². The van der Waals surface area contributed by atoms with Gasteiger partial charge in [0, 0.05) is 92.5 Å². The number of carboxylic acid groups (broad SMARTS) is 4. The molecular formula is C74H100N5O16S+. The third kappa shape index (κ3) is 23.0. The van der Waals surface area contributed by atoms with Crippen LogP contribution in [-0.2, 0) is 54.5 Å². The highest BCUT2D eigenvalue weighted by molar-refractivity contribution is 7.85. The molecule has 3 aromatic carbocycles. The summed E-state index contributed by atoms with van der Waals surface area (Å²) in [4.78, 5) is 98.5. The zero-order valence-electron chi connectivity index (χ0n) is 56.5. The second kappa shape index (κ2) is 37.3. The van der Waals surface area contributed by atoms with E-state index in [1.54, 1.807) is 12.1 Å². The predicted octanol–water partition coefficient (Wildman–Crippen LogP) is 13.2. The number of carboxylic acids is 4. The van der Waals surface area contributed by atoms with Gasteiger partial charge in [-0.05, 0) is 157 Å². The Morgan fingerprint density at radius 3 is 1.92 bits per heavy atom. The number of ether oxygens (including phenoxy) is 1. The SMILES string of the molecule is CCCC[N+]1=C(C=CC2=C(Oc3ccccc3)C(=CC=C3N(CCCCCC(=O)CCCCCC(CC(=O)CCCCCCC(=O)NCCCC[C@H](NC(=O)N[C@@H](CCC(=O)O)C(=O)O)C(=O)O)C(=O)O)c4ccc(S(=O)(=O)O)cc4C3(C)C)CCC2)C(C)(C)c2ccccc21. The van der Waals surface area contributed by atoms with Crippen molar-refractivity contribution in [2.75, 3.05) is 24.5 Å². The van der Waals surface area contributed by atoms with Gasteiger partial charge in [0.25, 0.3) is 10.1 Å². The molecule has 3 atom stereocenters. The van der Waals surface area contributed by atoms with Gasteiger partial charge in [-0.25, -0.2) is 14.4 Å². The molecule has 0 aromatic heterocycles. The van der Waals surface area contributed by atoms with Crippen LogP contribution in [0.1, 0.15) is 213 Å². The van der Waals surface area contributed by atoms with E-state index >= 15 is 0 Å². The summed E-state index contributed by atoms with van der Waals surface area (Å²) in [5.41, 5.74) is 7.68. The Morgan fingerprint density at radius 1 is 0.635 bits per heavy atom. The Kier molecular flexibility index (Phi) is 29.8. The van der Waals surface area contributed by atoms with Crippen molar-refractivity contribution in [1.82, 2.24) is 16.0 Å². The standard InChI is InChI=1S/C74H99N5O16S/c1-6-7-47-78-62-36-21-20-34-58(62)73(2,3)64(78)43-38-51-27-25-28-52(68(51)95-56-32-17-11-18-33-56)39-44-65-74(4,5)59-50-57(96(92,93)94)40-42-63(59)79(65)48-24-12-16-30-54(80)29-15-10-13-26-53(69(85)86)49-55(81)31-14-8-9-19-37-66(82)75-46-23-22-35-60(70(87)88)76-72(91)77-61(71(89)90)41-45-67(83)84/h11,17-18,20-21,32-34,36,38-40,42-44,50,53,60-61H,6-10,12-16,19,22-31,35,37,41,45-49H2,1-5H3,(H7-,75,76,77,82,83,84,85,86,87,88,89,90,91,92,93,94)/p+1/t53?,60-,61-/m0/s1. The highest BCUT2D eigenvalue weighted by Crippen LogP contribution is 2.49. The largest absolute Gasteiger partial charge is 0.481 e. The highest BCUT2D eigenvalue weighted by Gasteiger charge is 2.44. The first-order valence-electron chi connectivity index (χ1n) is 34.2. The number of nitrogens with zero attached hydrogens (tertiary/aromatic N) is 2. The lowest BCUT2D eigenvalue weighted by molar-refractivity contribution is -0.438. The van der Waals surface area contributed by atoms with Gasteiger partial charge in [-0.1, -0.05) is 102 Å². The molecule has 8 N–H and O–H groups in total. The van der Waals surface area contributed by atoms with Crippen molar-refractivity contribution in [2.24, 2.45) is 5.92 Å². The van der Waals surface area contributed by atoms with Gasteiger partial charge in [0.05, 0.1) is 16.2 Å². The lowest BCUT2D eigenvalue weighted by Crippen LogP contribution is -2.51. The number of benzene rings is 3. The first-order chi connectivity index (χ1) is 45.7. The Morgan fingerprint density at radius 2 is 1.26 bits per heavy atom. The molecule has 0 fully saturated rings. The number of anilines is 1. The molecule has 3 amide bonds. The molecule has 3 aromatic rings. The second-order valence-electron chi connectivity index (χ2n) is 26.5. The molecule has 1 aliphatic carbocycles. The Labute approximate surface area is 565 Å². The molecule has 522 valence electrons. The summed E-state index contributed by atoms with van der Waals surface area (Å²) in [7, 11) is -4.48. The van der Waals surface area contributed by atoms with Crippen LogP contribution in [0.2, 0.25) is 0 Å². The minimum Gasteiger partial charge on any atom is -0.481 e. The third-order valence-electron chi connectivity index (χ3n) is 18.4. The van der Waals surface area contributed by atoms with Crippen molar-refractivity contribution in [2.45, 2.75) is 229 Å². The number of allylic oxidation sites excluding steroid dienone is 7. The third-order valence-corrected chi connectivity index (χ3v) is 19.2. The molecule has 21 nitrogen and oxygen atoms in total. The lowest BCUT2D eigenvalue weighted by Gasteiger charge is -2.27. The number of fused-ring (bicyclic) bond motifs is 2. The Hall–Kier alpha value is -8.24. The topological polar surface area (TPSA) is 323 Å². The number of urea groups is 1. The van der Waals surface area contributed by atoms with Gasteiger partial charge in [-0.2, -0.15) is 13.0 Å². The molecular weight excluding hydrogens is 1250 g/mol. The first-order valence-corrected chi connectivity index (χ1v) is 35.6. The number of para-hydroxylation sites is 2. The van der Waals surface area contributed by atoms with Crippen molar-refractivity contribution in [3.05, 3.63) is 131 Å². The summed E-state index contributed by atoms with van der Waals surface area (Å²) < 4.78 is 44.4. The number of carbonyl (C=O) groups excluding carboxylic acids is 4. The molecule has 0 saturated carbocycles. The second-order valence-corrected chi connectivity index (χ2v) is 27.9. The van der Waals surface area contributed by atoms with Gasteiger partial charge in [-0.15, -0.1) is 0 Å². The maximum atomic E-state index is 13.1. The lowest BCUT2D eigenvalue weighted by atomic mass is 9.81. The highest BCUT2D eigenvalue weighted by atomic mass is 32.2. The summed E-state index contributed by atoms with van der Waals surface area (Å²) in [5, 5.41) is 44.5. The Bertz CT molecular complexity index is 3510. The van der Waals surface area contributed by atoms with Crippen molar-refractivity contribution < 1.29 is 81.1 Å². The van der Waals surface area contributed by atoms with E-state index in [1.165, 1.54) is 23.0 Å². The van der Waals surface area contributed by atoms with Gasteiger partial charge >= 0.3 is 29.9 Å². The van der Waals surface area contributed by atoms with Gasteiger partial charge < -0.3 is 46.0 Å². The molecule has 1 unspecified atom stereocenters. The quantitative estimate of drug-likeness (QED) is 0.0148. The molecule has 22 heteroatoms. The summed E-state index contributed by atoms with van der Waals surface area (Å²) in [5.74, 6) is -4.53. The van der Waals surface area contributed by atoms with E-state index in [-0.39, 0.29) is 66.4 Å². The van der Waals surface area contributed by atoms with Crippen LogP contribution in [0.4, 0.5) is 16.2 Å². The molecule has 3 aliphatic rings. The van der Waals surface area contributed by atoms with E-state index < -0.39 is 69.9 Å².